The quantitative estimate of drug-likeness (QED) is 0.782. The Labute approximate surface area is 143 Å². The van der Waals surface area contributed by atoms with Crippen molar-refractivity contribution < 1.29 is 24.2 Å². The summed E-state index contributed by atoms with van der Waals surface area (Å²) >= 11 is 0. The minimum atomic E-state index is -0.613. The molecule has 24 heavy (non-hydrogen) atoms. The highest BCUT2D eigenvalue weighted by Gasteiger charge is 2.58. The average Bonchev–Trinajstić information content (AvgIpc) is 3.07. The second-order valence-corrected chi connectivity index (χ2v) is 8.59. The van der Waals surface area contributed by atoms with Crippen LogP contribution in [0.2, 0.25) is 0 Å². The molecule has 3 heterocycles. The lowest BCUT2D eigenvalue weighted by molar-refractivity contribution is -0.157. The summed E-state index contributed by atoms with van der Waals surface area (Å²) in [7, 11) is 0. The lowest BCUT2D eigenvalue weighted by atomic mass is 9.83. The van der Waals surface area contributed by atoms with Gasteiger partial charge in [-0.15, -0.1) is 0 Å². The zero-order valence-electron chi connectivity index (χ0n) is 15.0. The number of aliphatic hydroxyl groups excluding tert-OH is 1. The van der Waals surface area contributed by atoms with Gasteiger partial charge in [-0.25, -0.2) is 0 Å². The third kappa shape index (κ3) is 3.18. The number of likely N-dealkylation sites (tertiary alicyclic amines) is 1. The molecule has 1 N–H and O–H groups in total. The van der Waals surface area contributed by atoms with Gasteiger partial charge in [-0.3, -0.25) is 9.59 Å². The van der Waals surface area contributed by atoms with Gasteiger partial charge in [0.1, 0.15) is 0 Å². The summed E-state index contributed by atoms with van der Waals surface area (Å²) in [5, 5.41) is 10.6. The van der Waals surface area contributed by atoms with Gasteiger partial charge < -0.3 is 19.5 Å². The Kier molecular flexibility index (Phi) is 4.64. The van der Waals surface area contributed by atoms with Crippen LogP contribution < -0.4 is 0 Å². The molecule has 3 saturated heterocycles. The molecular formula is C18H29NO5. The van der Waals surface area contributed by atoms with Crippen LogP contribution in [0.15, 0.2) is 0 Å². The number of fused-ring (bicyclic) bond motifs is 4. The number of nitrogens with zero attached hydrogens (tertiary/aromatic N) is 1. The molecule has 6 atom stereocenters. The van der Waals surface area contributed by atoms with Crippen molar-refractivity contribution in [3.05, 3.63) is 0 Å². The van der Waals surface area contributed by atoms with Gasteiger partial charge in [0.15, 0.2) is 0 Å². The Bertz CT molecular complexity index is 514. The summed E-state index contributed by atoms with van der Waals surface area (Å²) in [4.78, 5) is 26.6. The molecule has 0 aliphatic carbocycles. The van der Waals surface area contributed by atoms with E-state index in [1.54, 1.807) is 6.92 Å². The molecule has 0 aromatic rings. The first kappa shape index (κ1) is 17.7. The molecule has 3 fully saturated rings. The van der Waals surface area contributed by atoms with Crippen LogP contribution in [0.4, 0.5) is 0 Å². The van der Waals surface area contributed by atoms with E-state index in [1.165, 1.54) is 0 Å². The minimum absolute atomic E-state index is 0.00269. The Morgan fingerprint density at radius 1 is 1.25 bits per heavy atom. The predicted octanol–water partition coefficient (Wildman–Crippen LogP) is 1.21. The molecule has 6 nitrogen and oxygen atoms in total. The standard InChI is InChI=1S/C18H29NO5/c1-5-23-17(22)10-6-13-15(21)11-8-19(9-12(11)16(10)24-13)14(20)7-18(2,3)4/h10-13,15-16,21H,5-9H2,1-4H3/t10-,11+,12-,13-,15-,16+/m0/s1. The Morgan fingerprint density at radius 3 is 2.54 bits per heavy atom. The molecule has 136 valence electrons. The monoisotopic (exact) mass is 339 g/mol. The summed E-state index contributed by atoms with van der Waals surface area (Å²) in [6.07, 6.45) is -0.164. The van der Waals surface area contributed by atoms with E-state index in [2.05, 4.69) is 0 Å². The molecule has 2 bridgehead atoms. The first-order valence-corrected chi connectivity index (χ1v) is 8.99. The van der Waals surface area contributed by atoms with Crippen LogP contribution in [0.3, 0.4) is 0 Å². The molecule has 0 radical (unpaired) electrons. The maximum atomic E-state index is 12.5. The molecule has 6 heteroatoms. The predicted molar refractivity (Wildman–Crippen MR) is 87.0 cm³/mol. The third-order valence-corrected chi connectivity index (χ3v) is 5.49. The van der Waals surface area contributed by atoms with Crippen molar-refractivity contribution in [3.8, 4) is 0 Å². The van der Waals surface area contributed by atoms with Crippen molar-refractivity contribution >= 4 is 11.9 Å². The van der Waals surface area contributed by atoms with Crippen molar-refractivity contribution in [2.45, 2.75) is 58.8 Å². The van der Waals surface area contributed by atoms with Gasteiger partial charge >= 0.3 is 5.97 Å². The topological polar surface area (TPSA) is 76.1 Å². The first-order chi connectivity index (χ1) is 11.2. The van der Waals surface area contributed by atoms with E-state index in [9.17, 15) is 14.7 Å². The molecule has 3 aliphatic rings. The van der Waals surface area contributed by atoms with Crippen LogP contribution in [-0.4, -0.2) is 59.9 Å². The largest absolute Gasteiger partial charge is 0.466 e. The van der Waals surface area contributed by atoms with E-state index in [-0.39, 0.29) is 47.3 Å². The molecule has 1 amide bonds. The van der Waals surface area contributed by atoms with Crippen molar-refractivity contribution in [2.75, 3.05) is 19.7 Å². The second kappa shape index (κ2) is 6.30. The van der Waals surface area contributed by atoms with Gasteiger partial charge in [-0.05, 0) is 18.8 Å². The van der Waals surface area contributed by atoms with E-state index < -0.39 is 6.10 Å². The van der Waals surface area contributed by atoms with E-state index in [4.69, 9.17) is 9.47 Å². The fourth-order valence-corrected chi connectivity index (χ4v) is 4.44. The van der Waals surface area contributed by atoms with Crippen LogP contribution >= 0.6 is 0 Å². The van der Waals surface area contributed by atoms with Gasteiger partial charge in [0.2, 0.25) is 5.91 Å². The Hall–Kier alpha value is -1.14. The molecule has 3 rings (SSSR count). The highest BCUT2D eigenvalue weighted by molar-refractivity contribution is 5.77. The summed E-state index contributed by atoms with van der Waals surface area (Å²) in [6, 6.07) is 0. The molecule has 0 saturated carbocycles. The van der Waals surface area contributed by atoms with Crippen LogP contribution in [0.5, 0.6) is 0 Å². The average molecular weight is 339 g/mol. The van der Waals surface area contributed by atoms with Gasteiger partial charge in [-0.1, -0.05) is 20.8 Å². The number of amides is 1. The number of aliphatic hydroxyl groups is 1. The molecule has 0 spiro atoms. The molecule has 3 aliphatic heterocycles. The molecule has 0 aromatic heterocycles. The van der Waals surface area contributed by atoms with Gasteiger partial charge in [-0.2, -0.15) is 0 Å². The van der Waals surface area contributed by atoms with Crippen LogP contribution in [0, 0.1) is 23.2 Å². The number of esters is 1. The fraction of sp³-hybridized carbons (Fsp3) is 0.889. The molecule has 0 aromatic carbocycles. The zero-order chi connectivity index (χ0) is 17.6. The number of hydrogen-bond donors (Lipinski definition) is 1. The zero-order valence-corrected chi connectivity index (χ0v) is 15.0. The van der Waals surface area contributed by atoms with Crippen molar-refractivity contribution in [1.29, 1.82) is 0 Å². The Balaban J connectivity index is 1.73. The van der Waals surface area contributed by atoms with Crippen LogP contribution in [0.25, 0.3) is 0 Å². The van der Waals surface area contributed by atoms with E-state index in [0.29, 0.717) is 32.5 Å². The van der Waals surface area contributed by atoms with Crippen molar-refractivity contribution in [2.24, 2.45) is 23.2 Å². The maximum absolute atomic E-state index is 12.5. The first-order valence-electron chi connectivity index (χ1n) is 8.99. The van der Waals surface area contributed by atoms with Gasteiger partial charge in [0.25, 0.3) is 0 Å². The minimum Gasteiger partial charge on any atom is -0.466 e. The van der Waals surface area contributed by atoms with E-state index in [0.717, 1.165) is 0 Å². The summed E-state index contributed by atoms with van der Waals surface area (Å²) in [6.45, 7) is 9.40. The van der Waals surface area contributed by atoms with E-state index >= 15 is 0 Å². The van der Waals surface area contributed by atoms with E-state index in [1.807, 2.05) is 25.7 Å². The van der Waals surface area contributed by atoms with Crippen molar-refractivity contribution in [3.63, 3.8) is 0 Å². The summed E-state index contributed by atoms with van der Waals surface area (Å²) in [5.74, 6) is -0.434. The molecule has 0 unspecified atom stereocenters. The van der Waals surface area contributed by atoms with Crippen molar-refractivity contribution in [1.82, 2.24) is 4.90 Å². The number of carbonyl (C=O) groups excluding carboxylic acids is 2. The highest BCUT2D eigenvalue weighted by atomic mass is 16.5. The van der Waals surface area contributed by atoms with Gasteiger partial charge in [0, 0.05) is 31.3 Å². The number of hydrogen-bond acceptors (Lipinski definition) is 5. The fourth-order valence-electron chi connectivity index (χ4n) is 4.44. The lowest BCUT2D eigenvalue weighted by Crippen LogP contribution is -2.46. The lowest BCUT2D eigenvalue weighted by Gasteiger charge is -2.35. The maximum Gasteiger partial charge on any atom is 0.311 e. The Morgan fingerprint density at radius 2 is 1.92 bits per heavy atom. The number of rotatable bonds is 3. The molecular weight excluding hydrogens is 310 g/mol. The third-order valence-electron chi connectivity index (χ3n) is 5.49. The normalized spacial score (nSPS) is 38.1. The smallest absolute Gasteiger partial charge is 0.311 e. The SMILES string of the molecule is CCOC(=O)[C@H]1C[C@@H]2O[C@H]1[C@H]1CN(C(=O)CC(C)(C)C)C[C@H]1[C@@H]2O. The summed E-state index contributed by atoms with van der Waals surface area (Å²) in [5.41, 5.74) is -0.0631. The highest BCUT2D eigenvalue weighted by Crippen LogP contribution is 2.47. The number of ether oxygens (including phenoxy) is 2. The summed E-state index contributed by atoms with van der Waals surface area (Å²) < 4.78 is 11.1. The van der Waals surface area contributed by atoms with Crippen LogP contribution in [0.1, 0.15) is 40.5 Å². The number of carbonyl (C=O) groups is 2. The van der Waals surface area contributed by atoms with Gasteiger partial charge in [0.05, 0.1) is 30.8 Å². The van der Waals surface area contributed by atoms with Crippen LogP contribution in [-0.2, 0) is 19.1 Å². The second-order valence-electron chi connectivity index (χ2n) is 8.59.